The molecule has 0 aliphatic heterocycles. The first-order valence-corrected chi connectivity index (χ1v) is 6.40. The lowest BCUT2D eigenvalue weighted by Gasteiger charge is -2.16. The van der Waals surface area contributed by atoms with Crippen molar-refractivity contribution in [2.75, 3.05) is 31.2 Å². The molecule has 3 N–H and O–H groups in total. The number of nitrogen functional groups attached to an aromatic ring is 1. The minimum Gasteiger partial charge on any atom is -0.394 e. The Labute approximate surface area is 103 Å². The molecule has 0 bridgehead atoms. The molecule has 1 aliphatic carbocycles. The molecule has 0 amide bonds. The highest BCUT2D eigenvalue weighted by atomic mass is 15.3. The van der Waals surface area contributed by atoms with Crippen LogP contribution in [0.3, 0.4) is 0 Å². The number of hydrogen-bond acceptors (Lipinski definition) is 4. The summed E-state index contributed by atoms with van der Waals surface area (Å²) in [6.07, 6.45) is 2.70. The van der Waals surface area contributed by atoms with E-state index < -0.39 is 0 Å². The second kappa shape index (κ2) is 4.96. The Kier molecular flexibility index (Phi) is 3.57. The fraction of sp³-hybridized carbons (Fsp3) is 0.750. The first-order valence-electron chi connectivity index (χ1n) is 6.40. The molecule has 1 heterocycles. The average Bonchev–Trinajstić information content (AvgIpc) is 3.11. The maximum atomic E-state index is 6.01. The van der Waals surface area contributed by atoms with Crippen LogP contribution in [0.1, 0.15) is 25.5 Å². The first-order chi connectivity index (χ1) is 8.13. The molecule has 0 unspecified atom stereocenters. The molecule has 1 saturated carbocycles. The summed E-state index contributed by atoms with van der Waals surface area (Å²) in [7, 11) is 2.19. The molecule has 1 aromatic heterocycles. The van der Waals surface area contributed by atoms with E-state index in [0.717, 1.165) is 42.9 Å². The number of nitrogens with zero attached hydrogens (tertiary/aromatic N) is 3. The van der Waals surface area contributed by atoms with Crippen molar-refractivity contribution < 1.29 is 0 Å². The van der Waals surface area contributed by atoms with Gasteiger partial charge in [-0.3, -0.25) is 0 Å². The summed E-state index contributed by atoms with van der Waals surface area (Å²) >= 11 is 0. The van der Waals surface area contributed by atoms with Crippen LogP contribution >= 0.6 is 0 Å². The van der Waals surface area contributed by atoms with Gasteiger partial charge in [0.1, 0.15) is 5.82 Å². The molecule has 1 fully saturated rings. The highest BCUT2D eigenvalue weighted by Crippen LogP contribution is 2.25. The van der Waals surface area contributed by atoms with Gasteiger partial charge in [-0.15, -0.1) is 0 Å². The fourth-order valence-electron chi connectivity index (χ4n) is 2.06. The van der Waals surface area contributed by atoms with Crippen molar-refractivity contribution in [3.63, 3.8) is 0 Å². The molecule has 5 nitrogen and oxygen atoms in total. The van der Waals surface area contributed by atoms with Crippen molar-refractivity contribution in [3.05, 3.63) is 5.69 Å². The summed E-state index contributed by atoms with van der Waals surface area (Å²) < 4.78 is 1.93. The van der Waals surface area contributed by atoms with Crippen LogP contribution in [0.5, 0.6) is 0 Å². The van der Waals surface area contributed by atoms with Gasteiger partial charge in [0, 0.05) is 25.7 Å². The van der Waals surface area contributed by atoms with E-state index in [4.69, 9.17) is 5.73 Å². The predicted octanol–water partition coefficient (Wildman–Crippen LogP) is 1.30. The third-order valence-corrected chi connectivity index (χ3v) is 3.40. The zero-order chi connectivity index (χ0) is 12.4. The summed E-state index contributed by atoms with van der Waals surface area (Å²) in [4.78, 5) is 2.41. The summed E-state index contributed by atoms with van der Waals surface area (Å²) in [6.45, 7) is 6.84. The van der Waals surface area contributed by atoms with Gasteiger partial charge in [-0.05, 0) is 33.7 Å². The summed E-state index contributed by atoms with van der Waals surface area (Å²) in [5.41, 5.74) is 7.69. The largest absolute Gasteiger partial charge is 0.394 e. The Hall–Kier alpha value is -1.23. The van der Waals surface area contributed by atoms with Crippen molar-refractivity contribution in [1.82, 2.24) is 14.7 Å². The third kappa shape index (κ3) is 2.72. The lowest BCUT2D eigenvalue weighted by atomic mass is 10.4. The monoisotopic (exact) mass is 237 g/mol. The maximum Gasteiger partial charge on any atom is 0.148 e. The van der Waals surface area contributed by atoms with Crippen LogP contribution in [-0.4, -0.2) is 40.9 Å². The van der Waals surface area contributed by atoms with E-state index in [1.165, 1.54) is 12.8 Å². The van der Waals surface area contributed by atoms with Crippen LogP contribution in [-0.2, 0) is 6.54 Å². The molecule has 17 heavy (non-hydrogen) atoms. The molecule has 1 aromatic rings. The van der Waals surface area contributed by atoms with Gasteiger partial charge >= 0.3 is 0 Å². The molecule has 5 heteroatoms. The number of likely N-dealkylation sites (N-methyl/N-ethyl adjacent to an activating group) is 1. The number of rotatable bonds is 6. The number of anilines is 2. The van der Waals surface area contributed by atoms with E-state index >= 15 is 0 Å². The van der Waals surface area contributed by atoms with Crippen molar-refractivity contribution in [2.24, 2.45) is 0 Å². The van der Waals surface area contributed by atoms with Crippen molar-refractivity contribution in [2.45, 2.75) is 39.3 Å². The van der Waals surface area contributed by atoms with Gasteiger partial charge in [-0.1, -0.05) is 0 Å². The molecular formula is C12H23N5. The van der Waals surface area contributed by atoms with Crippen molar-refractivity contribution in [3.8, 4) is 0 Å². The molecule has 0 aromatic carbocycles. The Morgan fingerprint density at radius 1 is 1.53 bits per heavy atom. The van der Waals surface area contributed by atoms with Gasteiger partial charge in [0.25, 0.3) is 0 Å². The summed E-state index contributed by atoms with van der Waals surface area (Å²) in [5, 5.41) is 7.79. The van der Waals surface area contributed by atoms with Crippen molar-refractivity contribution in [1.29, 1.82) is 0 Å². The van der Waals surface area contributed by atoms with E-state index in [9.17, 15) is 0 Å². The van der Waals surface area contributed by atoms with Gasteiger partial charge in [0.15, 0.2) is 0 Å². The SMILES string of the molecule is CCn1nc(C)c(N)c1NCCN(C)C1CC1. The number of nitrogens with one attached hydrogen (secondary N) is 1. The molecule has 1 aliphatic rings. The average molecular weight is 237 g/mol. The summed E-state index contributed by atoms with van der Waals surface area (Å²) in [6, 6.07) is 0.812. The van der Waals surface area contributed by atoms with Gasteiger partial charge in [-0.2, -0.15) is 5.10 Å². The van der Waals surface area contributed by atoms with E-state index in [1.54, 1.807) is 0 Å². The molecule has 0 saturated heterocycles. The highest BCUT2D eigenvalue weighted by Gasteiger charge is 2.25. The van der Waals surface area contributed by atoms with E-state index in [0.29, 0.717) is 0 Å². The minimum atomic E-state index is 0.779. The van der Waals surface area contributed by atoms with Crippen LogP contribution in [0.15, 0.2) is 0 Å². The van der Waals surface area contributed by atoms with Gasteiger partial charge in [-0.25, -0.2) is 4.68 Å². The Bertz CT molecular complexity index is 380. The molecule has 0 spiro atoms. The van der Waals surface area contributed by atoms with Gasteiger partial charge in [0.2, 0.25) is 0 Å². The van der Waals surface area contributed by atoms with E-state index in [2.05, 4.69) is 29.3 Å². The smallest absolute Gasteiger partial charge is 0.148 e. The van der Waals surface area contributed by atoms with Crippen LogP contribution in [0.2, 0.25) is 0 Å². The Balaban J connectivity index is 1.88. The zero-order valence-electron chi connectivity index (χ0n) is 11.0. The predicted molar refractivity (Wildman–Crippen MR) is 71.2 cm³/mol. The maximum absolute atomic E-state index is 6.01. The van der Waals surface area contributed by atoms with E-state index in [-0.39, 0.29) is 0 Å². The quantitative estimate of drug-likeness (QED) is 0.783. The number of nitrogens with two attached hydrogens (primary N) is 1. The molecule has 96 valence electrons. The minimum absolute atomic E-state index is 0.779. The topological polar surface area (TPSA) is 59.1 Å². The lowest BCUT2D eigenvalue weighted by Crippen LogP contribution is -2.27. The van der Waals surface area contributed by atoms with Crippen LogP contribution in [0, 0.1) is 6.92 Å². The molecular weight excluding hydrogens is 214 g/mol. The molecule has 2 rings (SSSR count). The number of aromatic nitrogens is 2. The fourth-order valence-corrected chi connectivity index (χ4v) is 2.06. The second-order valence-electron chi connectivity index (χ2n) is 4.80. The third-order valence-electron chi connectivity index (χ3n) is 3.40. The van der Waals surface area contributed by atoms with Crippen LogP contribution in [0.25, 0.3) is 0 Å². The van der Waals surface area contributed by atoms with Crippen LogP contribution < -0.4 is 11.1 Å². The van der Waals surface area contributed by atoms with Crippen molar-refractivity contribution >= 4 is 11.5 Å². The second-order valence-corrected chi connectivity index (χ2v) is 4.80. The first kappa shape index (κ1) is 12.2. The standard InChI is InChI=1S/C12H23N5/c1-4-17-12(11(13)9(2)15-17)14-7-8-16(3)10-5-6-10/h10,14H,4-8,13H2,1-3H3. The van der Waals surface area contributed by atoms with Gasteiger partial charge < -0.3 is 16.0 Å². The Morgan fingerprint density at radius 3 is 2.82 bits per heavy atom. The molecule has 0 atom stereocenters. The summed E-state index contributed by atoms with van der Waals surface area (Å²) in [5.74, 6) is 0.967. The normalized spacial score (nSPS) is 15.5. The highest BCUT2D eigenvalue weighted by molar-refractivity contribution is 5.64. The van der Waals surface area contributed by atoms with Gasteiger partial charge in [0.05, 0.1) is 11.4 Å². The lowest BCUT2D eigenvalue weighted by molar-refractivity contribution is 0.337. The zero-order valence-corrected chi connectivity index (χ0v) is 11.0. The Morgan fingerprint density at radius 2 is 2.24 bits per heavy atom. The number of hydrogen-bond donors (Lipinski definition) is 2. The van der Waals surface area contributed by atoms with E-state index in [1.807, 2.05) is 11.6 Å². The number of aryl methyl sites for hydroxylation is 2. The molecule has 0 radical (unpaired) electrons. The van der Waals surface area contributed by atoms with Crippen LogP contribution in [0.4, 0.5) is 11.5 Å².